The number of nitrogens with zero attached hydrogens (tertiary/aromatic N) is 1. The highest BCUT2D eigenvalue weighted by Crippen LogP contribution is 2.64. The average molecular weight is 700 g/mol. The first-order valence-corrected chi connectivity index (χ1v) is 19.0. The Morgan fingerprint density at radius 2 is 0.891 bits per heavy atom. The van der Waals surface area contributed by atoms with Crippen LogP contribution in [0.15, 0.2) is 205 Å². The van der Waals surface area contributed by atoms with Crippen LogP contribution < -0.4 is 4.90 Å². The minimum atomic E-state index is -0.419. The van der Waals surface area contributed by atoms with Gasteiger partial charge >= 0.3 is 0 Å². The van der Waals surface area contributed by atoms with Gasteiger partial charge in [0.25, 0.3) is 0 Å². The molecule has 0 bridgehead atoms. The maximum Gasteiger partial charge on any atom is 0.135 e. The lowest BCUT2D eigenvalue weighted by Crippen LogP contribution is -2.26. The number of hydrogen-bond donors (Lipinski definition) is 0. The van der Waals surface area contributed by atoms with Crippen molar-refractivity contribution in [3.8, 4) is 33.4 Å². The molecule has 2 aliphatic carbocycles. The minimum Gasteiger partial charge on any atom is -0.456 e. The lowest BCUT2D eigenvalue weighted by atomic mass is 9.69. The molecule has 256 valence electrons. The second-order valence-corrected chi connectivity index (χ2v) is 14.8. The lowest BCUT2D eigenvalue weighted by Gasteiger charge is -2.32. The van der Waals surface area contributed by atoms with Gasteiger partial charge in [-0.1, -0.05) is 146 Å². The van der Waals surface area contributed by atoms with E-state index in [-0.39, 0.29) is 0 Å². The molecule has 0 radical (unpaired) electrons. The van der Waals surface area contributed by atoms with Gasteiger partial charge in [0.1, 0.15) is 11.2 Å². The van der Waals surface area contributed by atoms with Crippen LogP contribution in [0.25, 0.3) is 66.1 Å². The fourth-order valence-corrected chi connectivity index (χ4v) is 9.78. The number of anilines is 3. The molecule has 2 heteroatoms. The molecule has 12 rings (SSSR count). The van der Waals surface area contributed by atoms with E-state index < -0.39 is 5.41 Å². The molecule has 0 N–H and O–H groups in total. The molecule has 0 saturated heterocycles. The highest BCUT2D eigenvalue weighted by molar-refractivity contribution is 6.07. The van der Waals surface area contributed by atoms with Gasteiger partial charge in [-0.25, -0.2) is 0 Å². The lowest BCUT2D eigenvalue weighted by molar-refractivity contribution is 0.669. The van der Waals surface area contributed by atoms with Gasteiger partial charge in [0.05, 0.1) is 5.41 Å². The number of fused-ring (bicyclic) bond motifs is 15. The van der Waals surface area contributed by atoms with Crippen molar-refractivity contribution in [2.45, 2.75) is 5.41 Å². The summed E-state index contributed by atoms with van der Waals surface area (Å²) in [5, 5.41) is 4.79. The molecule has 1 spiro atoms. The van der Waals surface area contributed by atoms with Crippen molar-refractivity contribution in [2.24, 2.45) is 0 Å². The van der Waals surface area contributed by atoms with Crippen LogP contribution >= 0.6 is 0 Å². The third kappa shape index (κ3) is 4.19. The predicted octanol–water partition coefficient (Wildman–Crippen LogP) is 14.2. The molecule has 10 aromatic rings. The summed E-state index contributed by atoms with van der Waals surface area (Å²) in [6, 6.07) is 73.3. The van der Waals surface area contributed by atoms with Crippen LogP contribution in [0.1, 0.15) is 22.3 Å². The molecule has 0 aliphatic heterocycles. The fraction of sp³-hybridized carbons (Fsp3) is 0.0189. The number of rotatable bonds is 4. The van der Waals surface area contributed by atoms with E-state index in [0.717, 1.165) is 39.0 Å². The van der Waals surface area contributed by atoms with Crippen LogP contribution in [-0.2, 0) is 5.41 Å². The zero-order valence-electron chi connectivity index (χ0n) is 29.9. The second kappa shape index (κ2) is 11.4. The van der Waals surface area contributed by atoms with Crippen molar-refractivity contribution < 1.29 is 4.42 Å². The summed E-state index contributed by atoms with van der Waals surface area (Å²) in [5.74, 6) is 0. The van der Waals surface area contributed by atoms with Crippen molar-refractivity contribution in [1.29, 1.82) is 0 Å². The summed E-state index contributed by atoms with van der Waals surface area (Å²) < 4.78 is 6.13. The zero-order chi connectivity index (χ0) is 36.1. The van der Waals surface area contributed by atoms with E-state index in [0.29, 0.717) is 0 Å². The van der Waals surface area contributed by atoms with Gasteiger partial charge < -0.3 is 9.32 Å². The monoisotopic (exact) mass is 699 g/mol. The van der Waals surface area contributed by atoms with Gasteiger partial charge in [-0.05, 0) is 121 Å². The van der Waals surface area contributed by atoms with E-state index >= 15 is 0 Å². The first kappa shape index (κ1) is 30.3. The molecular formula is C53H33NO. The van der Waals surface area contributed by atoms with Crippen LogP contribution in [0.3, 0.4) is 0 Å². The third-order valence-electron chi connectivity index (χ3n) is 12.1. The quantitative estimate of drug-likeness (QED) is 0.182. The standard InChI is InChI=1S/C53H33NO/c1-2-12-37(13-3-1)54(38-27-22-34(23-28-38)36-26-31-51-46(32-36)43-17-7-11-21-50(43)55-51)39-29-24-35-25-30-44-42-16-6-10-20-49(42)53(52(44)45(35)33-39)47-18-8-4-14-40(47)41-15-5-9-19-48(41)53/h1-33H. The van der Waals surface area contributed by atoms with Crippen LogP contribution in [-0.4, -0.2) is 0 Å². The van der Waals surface area contributed by atoms with Crippen molar-refractivity contribution in [1.82, 2.24) is 0 Å². The summed E-state index contributed by atoms with van der Waals surface area (Å²) in [6.07, 6.45) is 0. The SMILES string of the molecule is c1ccc(N(c2ccc(-c3ccc4oc5ccccc5c4c3)cc2)c2ccc3ccc4c(c3c2)C2(c3ccccc3-c3ccccc32)c2ccccc2-4)cc1. The van der Waals surface area contributed by atoms with E-state index in [1.54, 1.807) is 0 Å². The van der Waals surface area contributed by atoms with Crippen LogP contribution in [0, 0.1) is 0 Å². The molecule has 0 unspecified atom stereocenters. The Labute approximate surface area is 319 Å². The molecule has 0 fully saturated rings. The van der Waals surface area contributed by atoms with E-state index in [9.17, 15) is 0 Å². The van der Waals surface area contributed by atoms with Gasteiger partial charge in [0.15, 0.2) is 0 Å². The first-order chi connectivity index (χ1) is 27.3. The Balaban J connectivity index is 1.05. The summed E-state index contributed by atoms with van der Waals surface area (Å²) in [5.41, 5.74) is 17.8. The van der Waals surface area contributed by atoms with E-state index in [4.69, 9.17) is 4.42 Å². The van der Waals surface area contributed by atoms with Crippen molar-refractivity contribution in [3.05, 3.63) is 222 Å². The van der Waals surface area contributed by atoms with Crippen molar-refractivity contribution in [3.63, 3.8) is 0 Å². The van der Waals surface area contributed by atoms with E-state index in [2.05, 4.69) is 193 Å². The van der Waals surface area contributed by atoms with Crippen molar-refractivity contribution >= 4 is 49.8 Å². The molecule has 2 aliphatic rings. The maximum absolute atomic E-state index is 6.13. The zero-order valence-corrected chi connectivity index (χ0v) is 29.9. The van der Waals surface area contributed by atoms with Crippen LogP contribution in [0.5, 0.6) is 0 Å². The summed E-state index contributed by atoms with van der Waals surface area (Å²) in [4.78, 5) is 2.39. The molecular weight excluding hydrogens is 667 g/mol. The molecule has 0 atom stereocenters. The maximum atomic E-state index is 6.13. The highest BCUT2D eigenvalue weighted by atomic mass is 16.3. The van der Waals surface area contributed by atoms with Gasteiger partial charge in [-0.15, -0.1) is 0 Å². The van der Waals surface area contributed by atoms with E-state index in [1.807, 2.05) is 12.1 Å². The molecule has 2 nitrogen and oxygen atoms in total. The normalized spacial score (nSPS) is 13.2. The highest BCUT2D eigenvalue weighted by Gasteiger charge is 2.52. The number of para-hydroxylation sites is 2. The molecule has 0 saturated carbocycles. The topological polar surface area (TPSA) is 16.4 Å². The summed E-state index contributed by atoms with van der Waals surface area (Å²) in [7, 11) is 0. The Kier molecular flexibility index (Phi) is 6.29. The van der Waals surface area contributed by atoms with Crippen molar-refractivity contribution in [2.75, 3.05) is 4.90 Å². The third-order valence-corrected chi connectivity index (χ3v) is 12.1. The molecule has 1 aromatic heterocycles. The average Bonchev–Trinajstić information content (AvgIpc) is 3.88. The molecule has 1 heterocycles. The van der Waals surface area contributed by atoms with Crippen LogP contribution in [0.2, 0.25) is 0 Å². The Bertz CT molecular complexity index is 3090. The van der Waals surface area contributed by atoms with Gasteiger partial charge in [0.2, 0.25) is 0 Å². The van der Waals surface area contributed by atoms with E-state index in [1.165, 1.54) is 66.4 Å². The smallest absolute Gasteiger partial charge is 0.135 e. The first-order valence-electron chi connectivity index (χ1n) is 19.0. The molecule has 55 heavy (non-hydrogen) atoms. The predicted molar refractivity (Wildman–Crippen MR) is 228 cm³/mol. The number of furan rings is 1. The minimum absolute atomic E-state index is 0.419. The number of hydrogen-bond acceptors (Lipinski definition) is 2. The molecule has 0 amide bonds. The fourth-order valence-electron chi connectivity index (χ4n) is 9.78. The second-order valence-electron chi connectivity index (χ2n) is 14.8. The van der Waals surface area contributed by atoms with Gasteiger partial charge in [0, 0.05) is 27.8 Å². The summed E-state index contributed by atoms with van der Waals surface area (Å²) >= 11 is 0. The summed E-state index contributed by atoms with van der Waals surface area (Å²) in [6.45, 7) is 0. The van der Waals surface area contributed by atoms with Gasteiger partial charge in [-0.2, -0.15) is 0 Å². The number of benzene rings is 9. The van der Waals surface area contributed by atoms with Gasteiger partial charge in [-0.3, -0.25) is 0 Å². The Morgan fingerprint density at radius 1 is 0.345 bits per heavy atom. The van der Waals surface area contributed by atoms with Crippen LogP contribution in [0.4, 0.5) is 17.1 Å². The molecule has 9 aromatic carbocycles. The Hall–Kier alpha value is -7.16. The largest absolute Gasteiger partial charge is 0.456 e. The Morgan fingerprint density at radius 3 is 1.62 bits per heavy atom.